The third-order valence-electron chi connectivity index (χ3n) is 2.38. The molecule has 0 radical (unpaired) electrons. The van der Waals surface area contributed by atoms with Crippen LogP contribution in [0.3, 0.4) is 0 Å². The van der Waals surface area contributed by atoms with E-state index in [4.69, 9.17) is 5.73 Å². The number of anilines is 1. The highest BCUT2D eigenvalue weighted by atomic mass is 16.3. The molecule has 1 rings (SSSR count). The van der Waals surface area contributed by atoms with Gasteiger partial charge in [0.05, 0.1) is 12.2 Å². The van der Waals surface area contributed by atoms with Crippen molar-refractivity contribution in [3.63, 3.8) is 0 Å². The van der Waals surface area contributed by atoms with Crippen molar-refractivity contribution in [1.82, 2.24) is 4.90 Å². The van der Waals surface area contributed by atoms with Crippen molar-refractivity contribution in [2.75, 3.05) is 25.9 Å². The van der Waals surface area contributed by atoms with E-state index >= 15 is 0 Å². The van der Waals surface area contributed by atoms with Crippen LogP contribution < -0.4 is 5.73 Å². The van der Waals surface area contributed by atoms with Crippen LogP contribution >= 0.6 is 0 Å². The average Bonchev–Trinajstić information content (AvgIpc) is 2.16. The molecule has 16 heavy (non-hydrogen) atoms. The number of benzene rings is 1. The minimum absolute atomic E-state index is 0.386. The Morgan fingerprint density at radius 1 is 1.19 bits per heavy atom. The second-order valence-electron chi connectivity index (χ2n) is 4.25. The van der Waals surface area contributed by atoms with Gasteiger partial charge in [0.2, 0.25) is 0 Å². The summed E-state index contributed by atoms with van der Waals surface area (Å²) < 4.78 is 0. The Labute approximate surface area is 96.3 Å². The fourth-order valence-corrected chi connectivity index (χ4v) is 1.64. The molecule has 0 bridgehead atoms. The summed E-state index contributed by atoms with van der Waals surface area (Å²) in [4.78, 5) is 1.89. The molecule has 4 nitrogen and oxygen atoms in total. The number of likely N-dealkylation sites (N-methyl/N-ethyl adjacent to an activating group) is 1. The van der Waals surface area contributed by atoms with E-state index in [9.17, 15) is 10.2 Å². The summed E-state index contributed by atoms with van der Waals surface area (Å²) in [5.74, 6) is 0. The summed E-state index contributed by atoms with van der Waals surface area (Å²) >= 11 is 0. The summed E-state index contributed by atoms with van der Waals surface area (Å²) in [6.45, 7) is 2.77. The SMILES string of the molecule is CC(O)CN(C)CC(O)c1ccc(N)cc1. The van der Waals surface area contributed by atoms with Gasteiger partial charge in [0, 0.05) is 18.8 Å². The molecular weight excluding hydrogens is 204 g/mol. The fraction of sp³-hybridized carbons (Fsp3) is 0.500. The summed E-state index contributed by atoms with van der Waals surface area (Å²) in [5, 5.41) is 19.1. The van der Waals surface area contributed by atoms with Gasteiger partial charge in [0.1, 0.15) is 0 Å². The molecule has 0 saturated carbocycles. The molecule has 0 fully saturated rings. The van der Waals surface area contributed by atoms with E-state index in [0.29, 0.717) is 18.8 Å². The van der Waals surface area contributed by atoms with E-state index < -0.39 is 6.10 Å². The molecule has 0 aliphatic rings. The largest absolute Gasteiger partial charge is 0.399 e. The fourth-order valence-electron chi connectivity index (χ4n) is 1.64. The number of nitrogens with zero attached hydrogens (tertiary/aromatic N) is 1. The number of hydrogen-bond donors (Lipinski definition) is 3. The van der Waals surface area contributed by atoms with Crippen molar-refractivity contribution in [2.45, 2.75) is 19.1 Å². The molecule has 0 heterocycles. The zero-order valence-electron chi connectivity index (χ0n) is 9.80. The maximum Gasteiger partial charge on any atom is 0.0916 e. The van der Waals surface area contributed by atoms with E-state index in [1.165, 1.54) is 0 Å². The number of aliphatic hydroxyl groups is 2. The van der Waals surface area contributed by atoms with Crippen molar-refractivity contribution in [2.24, 2.45) is 0 Å². The highest BCUT2D eigenvalue weighted by Crippen LogP contribution is 2.15. The molecule has 1 aromatic rings. The van der Waals surface area contributed by atoms with Gasteiger partial charge in [-0.05, 0) is 31.7 Å². The van der Waals surface area contributed by atoms with Crippen LogP contribution in [0.4, 0.5) is 5.69 Å². The highest BCUT2D eigenvalue weighted by molar-refractivity contribution is 5.39. The summed E-state index contributed by atoms with van der Waals surface area (Å²) in [7, 11) is 1.87. The van der Waals surface area contributed by atoms with Crippen LogP contribution in [0.25, 0.3) is 0 Å². The van der Waals surface area contributed by atoms with Crippen LogP contribution in [0, 0.1) is 0 Å². The molecule has 2 atom stereocenters. The monoisotopic (exact) mass is 224 g/mol. The van der Waals surface area contributed by atoms with Crippen LogP contribution in [0.1, 0.15) is 18.6 Å². The van der Waals surface area contributed by atoms with Gasteiger partial charge >= 0.3 is 0 Å². The van der Waals surface area contributed by atoms with Gasteiger partial charge in [0.25, 0.3) is 0 Å². The highest BCUT2D eigenvalue weighted by Gasteiger charge is 2.11. The van der Waals surface area contributed by atoms with Crippen LogP contribution in [-0.4, -0.2) is 41.4 Å². The average molecular weight is 224 g/mol. The lowest BCUT2D eigenvalue weighted by Crippen LogP contribution is -2.31. The molecule has 0 spiro atoms. The molecule has 0 aliphatic carbocycles. The lowest BCUT2D eigenvalue weighted by molar-refractivity contribution is 0.0907. The van der Waals surface area contributed by atoms with E-state index in [1.54, 1.807) is 19.1 Å². The van der Waals surface area contributed by atoms with Crippen molar-refractivity contribution >= 4 is 5.69 Å². The number of aliphatic hydroxyl groups excluding tert-OH is 2. The number of hydrogen-bond acceptors (Lipinski definition) is 4. The maximum absolute atomic E-state index is 9.93. The first-order valence-electron chi connectivity index (χ1n) is 5.39. The van der Waals surface area contributed by atoms with Gasteiger partial charge in [-0.15, -0.1) is 0 Å². The lowest BCUT2D eigenvalue weighted by atomic mass is 10.1. The molecule has 0 aliphatic heterocycles. The molecule has 2 unspecified atom stereocenters. The minimum Gasteiger partial charge on any atom is -0.399 e. The summed E-state index contributed by atoms with van der Waals surface area (Å²) in [6.07, 6.45) is -0.937. The van der Waals surface area contributed by atoms with Crippen molar-refractivity contribution in [3.8, 4) is 0 Å². The Morgan fingerprint density at radius 3 is 2.25 bits per heavy atom. The van der Waals surface area contributed by atoms with Gasteiger partial charge in [-0.25, -0.2) is 0 Å². The zero-order valence-corrected chi connectivity index (χ0v) is 9.80. The first kappa shape index (κ1) is 13.0. The molecule has 0 amide bonds. The Hall–Kier alpha value is -1.10. The topological polar surface area (TPSA) is 69.7 Å². The Kier molecular flexibility index (Phi) is 4.73. The molecular formula is C12H20N2O2. The lowest BCUT2D eigenvalue weighted by Gasteiger charge is -2.21. The number of nitrogen functional groups attached to an aromatic ring is 1. The van der Waals surface area contributed by atoms with Crippen LogP contribution in [-0.2, 0) is 0 Å². The molecule has 4 heteroatoms. The Balaban J connectivity index is 2.51. The third kappa shape index (κ3) is 4.18. The second-order valence-corrected chi connectivity index (χ2v) is 4.25. The normalized spacial score (nSPS) is 15.1. The Morgan fingerprint density at radius 2 is 1.75 bits per heavy atom. The van der Waals surface area contributed by atoms with E-state index in [-0.39, 0.29) is 6.10 Å². The zero-order chi connectivity index (χ0) is 12.1. The van der Waals surface area contributed by atoms with Gasteiger partial charge in [-0.2, -0.15) is 0 Å². The standard InChI is InChI=1S/C12H20N2O2/c1-9(15)7-14(2)8-12(16)10-3-5-11(13)6-4-10/h3-6,9,12,15-16H,7-8,13H2,1-2H3. The smallest absolute Gasteiger partial charge is 0.0916 e. The van der Waals surface area contributed by atoms with Gasteiger partial charge in [0.15, 0.2) is 0 Å². The first-order valence-corrected chi connectivity index (χ1v) is 5.39. The van der Waals surface area contributed by atoms with E-state index in [1.807, 2.05) is 24.1 Å². The molecule has 0 aromatic heterocycles. The maximum atomic E-state index is 9.93. The minimum atomic E-state index is -0.552. The third-order valence-corrected chi connectivity index (χ3v) is 2.38. The molecule has 4 N–H and O–H groups in total. The van der Waals surface area contributed by atoms with Gasteiger partial charge in [-0.3, -0.25) is 0 Å². The van der Waals surface area contributed by atoms with Crippen LogP contribution in [0.15, 0.2) is 24.3 Å². The van der Waals surface area contributed by atoms with Gasteiger partial charge in [-0.1, -0.05) is 12.1 Å². The van der Waals surface area contributed by atoms with Crippen LogP contribution in [0.5, 0.6) is 0 Å². The predicted molar refractivity (Wildman–Crippen MR) is 65.0 cm³/mol. The van der Waals surface area contributed by atoms with E-state index in [2.05, 4.69) is 0 Å². The molecule has 1 aromatic carbocycles. The first-order chi connectivity index (χ1) is 7.49. The molecule has 90 valence electrons. The van der Waals surface area contributed by atoms with Crippen molar-refractivity contribution in [1.29, 1.82) is 0 Å². The van der Waals surface area contributed by atoms with Crippen LogP contribution in [0.2, 0.25) is 0 Å². The van der Waals surface area contributed by atoms with Gasteiger partial charge < -0.3 is 20.8 Å². The number of rotatable bonds is 5. The number of nitrogens with two attached hydrogens (primary N) is 1. The summed E-state index contributed by atoms with van der Waals surface area (Å²) in [6, 6.07) is 7.17. The predicted octanol–water partition coefficient (Wildman–Crippen LogP) is 0.615. The molecule has 0 saturated heterocycles. The van der Waals surface area contributed by atoms with Crippen molar-refractivity contribution in [3.05, 3.63) is 29.8 Å². The van der Waals surface area contributed by atoms with E-state index in [0.717, 1.165) is 5.56 Å². The Bertz CT molecular complexity index is 311. The second kappa shape index (κ2) is 5.84. The quantitative estimate of drug-likeness (QED) is 0.641. The summed E-state index contributed by atoms with van der Waals surface area (Å²) in [5.41, 5.74) is 7.10. The van der Waals surface area contributed by atoms with Crippen molar-refractivity contribution < 1.29 is 10.2 Å².